The number of hydrogen-bond acceptors (Lipinski definition) is 14. The first-order valence-electron chi connectivity index (χ1n) is 26.3. The molecule has 0 spiro atoms. The maximum absolute atomic E-state index is 12.8. The van der Waals surface area contributed by atoms with Gasteiger partial charge in [0.1, 0.15) is 0 Å². The summed E-state index contributed by atoms with van der Waals surface area (Å²) >= 11 is 12.8. The quantitative estimate of drug-likeness (QED) is 0.0419. The van der Waals surface area contributed by atoms with Crippen molar-refractivity contribution in [2.24, 2.45) is 5.73 Å². The molecule has 21 heteroatoms. The highest BCUT2D eigenvalue weighted by atomic mass is 35.5. The molecule has 2 saturated carbocycles. The molecule has 4 aromatic carbocycles. The highest BCUT2D eigenvalue weighted by Gasteiger charge is 2.28. The van der Waals surface area contributed by atoms with Crippen molar-refractivity contribution in [3.05, 3.63) is 168 Å². The van der Waals surface area contributed by atoms with Gasteiger partial charge in [0.25, 0.3) is 5.91 Å². The molecule has 0 aliphatic heterocycles. The molecule has 2 aliphatic rings. The number of anilines is 4. The van der Waals surface area contributed by atoms with E-state index >= 15 is 0 Å². The van der Waals surface area contributed by atoms with Crippen molar-refractivity contribution in [3.8, 4) is 22.5 Å². The molecule has 0 bridgehead atoms. The van der Waals surface area contributed by atoms with Crippen LogP contribution >= 0.6 is 23.2 Å². The van der Waals surface area contributed by atoms with Crippen LogP contribution in [-0.2, 0) is 19.2 Å². The number of rotatable bonds is 16. The molecule has 1 unspecified atom stereocenters. The zero-order chi connectivity index (χ0) is 57.7. The molecule has 2 aliphatic carbocycles. The summed E-state index contributed by atoms with van der Waals surface area (Å²) in [5.41, 5.74) is 13.4. The van der Waals surface area contributed by atoms with E-state index in [1.807, 2.05) is 129 Å². The van der Waals surface area contributed by atoms with Crippen LogP contribution < -0.4 is 32.3 Å². The largest absolute Gasteiger partial charge is 0.373 e. The zero-order valence-corrected chi connectivity index (χ0v) is 47.0. The molecule has 19 nitrogen and oxygen atoms in total. The second-order valence-corrected chi connectivity index (χ2v) is 20.7. The molecular weight excluding hydrogens is 1070 g/mol. The first-order chi connectivity index (χ1) is 39.2. The van der Waals surface area contributed by atoms with Crippen LogP contribution in [-0.4, -0.2) is 129 Å². The summed E-state index contributed by atoms with van der Waals surface area (Å²) < 4.78 is 0. The Morgan fingerprint density at radius 3 is 1.54 bits per heavy atom. The topological polar surface area (TPSA) is 261 Å². The fourth-order valence-corrected chi connectivity index (χ4v) is 9.53. The van der Waals surface area contributed by atoms with E-state index in [0.717, 1.165) is 89.4 Å². The lowest BCUT2D eigenvalue weighted by molar-refractivity contribution is -0.191. The van der Waals surface area contributed by atoms with Crippen LogP contribution in [0.5, 0.6) is 0 Å². The number of hydrogen-bond donors (Lipinski definition) is 8. The van der Waals surface area contributed by atoms with Crippen molar-refractivity contribution >= 4 is 92.2 Å². The first-order valence-corrected chi connectivity index (χ1v) is 27.1. The van der Waals surface area contributed by atoms with Gasteiger partial charge in [0, 0.05) is 112 Å². The third kappa shape index (κ3) is 18.2. The number of nitrogens with zero attached hydrogens (tertiary/aromatic N) is 6. The number of carbonyl (C=O) groups excluding carboxylic acids is 5. The highest BCUT2D eigenvalue weighted by Crippen LogP contribution is 2.35. The number of aromatic amines is 2. The van der Waals surface area contributed by atoms with Gasteiger partial charge in [-0.05, 0) is 115 Å². The number of nitrogens with two attached hydrogens (primary N) is 1. The predicted octanol–water partition coefficient (Wildman–Crippen LogP) is 9.83. The van der Waals surface area contributed by atoms with Gasteiger partial charge >= 0.3 is 6.15 Å². The monoisotopic (exact) mass is 1130 g/mol. The molecule has 2 fully saturated rings. The SMILES string of the molecule is CN(C)C/C=C/C(=O)Nc1ccc(C(=O)N[C@@H]2CC[C@H](Nc3ncc(Cl)c(-c4c[nH]c5ccccc45)n3)C2)cc1.CN(C)C/C=C/C(=O)Nc1ccccc1.N[C@@H]1CCC(Nc2ncc(Cl)c(-c3c[nH]c4ccccc34)n2)C1.O=C=O. The van der Waals surface area contributed by atoms with Crippen LogP contribution in [0.15, 0.2) is 152 Å². The summed E-state index contributed by atoms with van der Waals surface area (Å²) in [5.74, 6) is 0.674. The van der Waals surface area contributed by atoms with E-state index < -0.39 is 0 Å². The average Bonchev–Trinajstić information content (AvgIpc) is 4.28. The van der Waals surface area contributed by atoms with Crippen LogP contribution in [0.1, 0.15) is 48.9 Å². The molecule has 4 heterocycles. The van der Waals surface area contributed by atoms with Gasteiger partial charge in [-0.1, -0.05) is 90.0 Å². The molecule has 0 saturated heterocycles. The minimum atomic E-state index is -0.207. The highest BCUT2D eigenvalue weighted by molar-refractivity contribution is 6.33. The van der Waals surface area contributed by atoms with Gasteiger partial charge in [0.05, 0.1) is 33.8 Å². The Morgan fingerprint density at radius 1 is 0.617 bits per heavy atom. The maximum Gasteiger partial charge on any atom is 0.373 e. The number of likely N-dealkylation sites (N-methyl/N-ethyl adjacent to an activating group) is 2. The summed E-state index contributed by atoms with van der Waals surface area (Å²) in [5, 5.41) is 18.7. The standard InChI is InChI=1S/C30H32ClN7O2.C17H18ClN5.C12H16N2O.CO2/c1-38(2)15-5-8-27(39)34-20-11-9-19(10-12-20)29(40)35-21-13-14-22(16-21)36-30-33-18-25(31)28(37-30)24-17-32-26-7-4-3-6-23(24)26;18-14-9-21-17(22-11-6-5-10(19)7-11)23-16(14)13-8-20-15-4-2-1-3-12(13)15;1-14(2)10-6-9-12(15)13-11-7-4-3-5-8-11;2-1-3/h3-12,17-18,21-22,32H,13-16H2,1-2H3,(H,34,39)(H,35,40)(H,33,36,37);1-4,8-11,20H,5-7,19H2,(H,21,22,23);3-9H,10H2,1-2H3,(H,13,15);/b8-5+;;9-6+;/t21-,22+;10-,11?;;/m11../s1. The van der Waals surface area contributed by atoms with Crippen LogP contribution in [0.3, 0.4) is 0 Å². The average molecular weight is 1130 g/mol. The zero-order valence-electron chi connectivity index (χ0n) is 45.5. The Labute approximate surface area is 480 Å². The smallest absolute Gasteiger partial charge is 0.360 e. The summed E-state index contributed by atoms with van der Waals surface area (Å²) in [6, 6.07) is 33.2. The van der Waals surface area contributed by atoms with E-state index in [-0.39, 0.29) is 42.0 Å². The summed E-state index contributed by atoms with van der Waals surface area (Å²) in [4.78, 5) is 81.0. The Balaban J connectivity index is 0.000000193. The van der Waals surface area contributed by atoms with Crippen LogP contribution in [0.2, 0.25) is 10.0 Å². The van der Waals surface area contributed by atoms with Crippen molar-refractivity contribution in [3.63, 3.8) is 0 Å². The fourth-order valence-electron chi connectivity index (χ4n) is 9.15. The van der Waals surface area contributed by atoms with E-state index in [0.29, 0.717) is 51.5 Å². The van der Waals surface area contributed by atoms with Gasteiger partial charge < -0.3 is 52.1 Å². The first kappa shape index (κ1) is 60.1. The van der Waals surface area contributed by atoms with Crippen molar-refractivity contribution in [1.29, 1.82) is 0 Å². The van der Waals surface area contributed by atoms with Gasteiger partial charge in [0.15, 0.2) is 0 Å². The van der Waals surface area contributed by atoms with Crippen LogP contribution in [0.25, 0.3) is 44.3 Å². The van der Waals surface area contributed by atoms with Crippen molar-refractivity contribution in [2.75, 3.05) is 62.5 Å². The van der Waals surface area contributed by atoms with E-state index in [9.17, 15) is 14.4 Å². The Kier molecular flexibility index (Phi) is 22.4. The lowest BCUT2D eigenvalue weighted by Gasteiger charge is -2.15. The number of H-pyrrole nitrogens is 2. The Hall–Kier alpha value is -8.55. The Bertz CT molecular complexity index is 3450. The fraction of sp³-hybridized carbons (Fsp3) is 0.267. The lowest BCUT2D eigenvalue weighted by atomic mass is 10.1. The molecule has 4 aromatic heterocycles. The van der Waals surface area contributed by atoms with E-state index in [4.69, 9.17) is 43.5 Å². The molecule has 9 N–H and O–H groups in total. The summed E-state index contributed by atoms with van der Waals surface area (Å²) in [6.07, 6.45) is 19.6. The molecule has 4 atom stereocenters. The second kappa shape index (κ2) is 30.2. The summed E-state index contributed by atoms with van der Waals surface area (Å²) in [7, 11) is 7.79. The van der Waals surface area contributed by atoms with Gasteiger partial charge in [-0.25, -0.2) is 19.9 Å². The van der Waals surface area contributed by atoms with Crippen LogP contribution in [0, 0.1) is 0 Å². The third-order valence-electron chi connectivity index (χ3n) is 13.0. The number of para-hydroxylation sites is 3. The number of aromatic nitrogens is 6. The Morgan fingerprint density at radius 2 is 1.06 bits per heavy atom. The molecule has 3 amide bonds. The number of nitrogens with one attached hydrogen (secondary N) is 7. The van der Waals surface area contributed by atoms with Crippen LogP contribution in [0.4, 0.5) is 23.3 Å². The van der Waals surface area contributed by atoms with E-state index in [1.165, 1.54) is 6.08 Å². The molecule has 0 radical (unpaired) electrons. The molecule has 420 valence electrons. The normalized spacial score (nSPS) is 16.5. The summed E-state index contributed by atoms with van der Waals surface area (Å²) in [6.45, 7) is 1.45. The van der Waals surface area contributed by atoms with Gasteiger partial charge in [-0.15, -0.1) is 0 Å². The lowest BCUT2D eigenvalue weighted by Crippen LogP contribution is -2.34. The van der Waals surface area contributed by atoms with Crippen molar-refractivity contribution in [1.82, 2.24) is 45.0 Å². The molecule has 81 heavy (non-hydrogen) atoms. The third-order valence-corrected chi connectivity index (χ3v) is 13.6. The molecular formula is C60H66Cl2N14O5. The molecule has 8 aromatic rings. The number of carbonyl (C=O) groups is 3. The minimum Gasteiger partial charge on any atom is -0.360 e. The van der Waals surface area contributed by atoms with E-state index in [2.05, 4.69) is 57.6 Å². The van der Waals surface area contributed by atoms with Gasteiger partial charge in [-0.2, -0.15) is 9.59 Å². The number of benzene rings is 4. The minimum absolute atomic E-state index is 0.0339. The maximum atomic E-state index is 12.8. The second-order valence-electron chi connectivity index (χ2n) is 19.8. The number of halogens is 2. The number of amides is 3. The van der Waals surface area contributed by atoms with Gasteiger partial charge in [-0.3, -0.25) is 14.4 Å². The molecule has 10 rings (SSSR count). The predicted molar refractivity (Wildman–Crippen MR) is 321 cm³/mol. The van der Waals surface area contributed by atoms with Crippen molar-refractivity contribution in [2.45, 2.75) is 62.7 Å². The van der Waals surface area contributed by atoms with E-state index in [1.54, 1.807) is 48.8 Å². The van der Waals surface area contributed by atoms with Gasteiger partial charge in [0.2, 0.25) is 23.7 Å². The van der Waals surface area contributed by atoms with Crippen molar-refractivity contribution < 1.29 is 24.0 Å². The number of fused-ring (bicyclic) bond motifs is 2.